The fourth-order valence-electron chi connectivity index (χ4n) is 1.45. The van der Waals surface area contributed by atoms with Gasteiger partial charge in [-0.3, -0.25) is 0 Å². The Bertz CT molecular complexity index is 616. The monoisotopic (exact) mass is 309 g/mol. The molecule has 1 aromatic carbocycles. The molecule has 0 amide bonds. The number of hydrogen-bond acceptors (Lipinski definition) is 4. The quantitative estimate of drug-likeness (QED) is 0.913. The van der Waals surface area contributed by atoms with Crippen molar-refractivity contribution >= 4 is 29.3 Å². The predicted molar refractivity (Wildman–Crippen MR) is 77.7 cm³/mol. The van der Waals surface area contributed by atoms with Crippen molar-refractivity contribution in [2.24, 2.45) is 0 Å². The summed E-state index contributed by atoms with van der Waals surface area (Å²) in [7, 11) is 0. The van der Waals surface area contributed by atoms with Crippen LogP contribution >= 0.6 is 23.4 Å². The molecule has 20 heavy (non-hydrogen) atoms. The highest BCUT2D eigenvalue weighted by atomic mass is 35.5. The van der Waals surface area contributed by atoms with Crippen LogP contribution in [0, 0.1) is 6.92 Å². The van der Waals surface area contributed by atoms with Gasteiger partial charge in [-0.15, -0.1) is 0 Å². The fourth-order valence-corrected chi connectivity index (χ4v) is 2.56. The lowest BCUT2D eigenvalue weighted by Crippen LogP contribution is -2.09. The van der Waals surface area contributed by atoms with Crippen LogP contribution in [-0.4, -0.2) is 22.7 Å². The number of ether oxygens (including phenoxy) is 1. The van der Waals surface area contributed by atoms with Crippen molar-refractivity contribution < 1.29 is 14.6 Å². The molecule has 0 spiro atoms. The summed E-state index contributed by atoms with van der Waals surface area (Å²) in [5.41, 5.74) is 1.07. The van der Waals surface area contributed by atoms with Crippen LogP contribution in [0.1, 0.15) is 5.56 Å². The largest absolute Gasteiger partial charge is 0.481 e. The van der Waals surface area contributed by atoms with Crippen LogP contribution < -0.4 is 4.74 Å². The third-order valence-electron chi connectivity index (χ3n) is 2.36. The van der Waals surface area contributed by atoms with E-state index >= 15 is 0 Å². The van der Waals surface area contributed by atoms with E-state index in [1.807, 2.05) is 19.1 Å². The Hall–Kier alpha value is -1.72. The van der Waals surface area contributed by atoms with E-state index in [2.05, 4.69) is 4.98 Å². The summed E-state index contributed by atoms with van der Waals surface area (Å²) in [4.78, 5) is 15.6. The summed E-state index contributed by atoms with van der Waals surface area (Å²) in [6.07, 6.45) is 1.77. The first-order chi connectivity index (χ1) is 9.54. The van der Waals surface area contributed by atoms with Gasteiger partial charge in [-0.05, 0) is 36.8 Å². The van der Waals surface area contributed by atoms with Gasteiger partial charge in [-0.25, -0.2) is 9.78 Å². The zero-order valence-electron chi connectivity index (χ0n) is 10.7. The molecular weight excluding hydrogens is 298 g/mol. The molecular formula is C14H12ClNO3S. The molecule has 0 aliphatic carbocycles. The van der Waals surface area contributed by atoms with E-state index in [4.69, 9.17) is 21.4 Å². The standard InChI is InChI=1S/C14H12ClNO3S/c1-9-2-5-13(16-7-9)20-12-6-10(15)3-4-11(12)19-8-14(17)18/h2-7H,8H2,1H3,(H,17,18). The molecule has 2 rings (SSSR count). The first-order valence-corrected chi connectivity index (χ1v) is 6.98. The van der Waals surface area contributed by atoms with E-state index in [0.29, 0.717) is 10.8 Å². The van der Waals surface area contributed by atoms with E-state index in [0.717, 1.165) is 15.5 Å². The number of rotatable bonds is 5. The maximum Gasteiger partial charge on any atom is 0.341 e. The molecule has 1 heterocycles. The number of nitrogens with zero attached hydrogens (tertiary/aromatic N) is 1. The van der Waals surface area contributed by atoms with Gasteiger partial charge in [0.05, 0.1) is 4.90 Å². The van der Waals surface area contributed by atoms with Gasteiger partial charge in [0, 0.05) is 11.2 Å². The van der Waals surface area contributed by atoms with Gasteiger partial charge >= 0.3 is 5.97 Å². The van der Waals surface area contributed by atoms with E-state index in [1.165, 1.54) is 11.8 Å². The second kappa shape index (κ2) is 6.63. The summed E-state index contributed by atoms with van der Waals surface area (Å²) in [5, 5.41) is 10.0. The third-order valence-corrected chi connectivity index (χ3v) is 3.58. The van der Waals surface area contributed by atoms with Gasteiger partial charge in [0.25, 0.3) is 0 Å². The zero-order valence-corrected chi connectivity index (χ0v) is 12.2. The minimum Gasteiger partial charge on any atom is -0.481 e. The number of carboxylic acid groups (broad SMARTS) is 1. The number of aliphatic carboxylic acids is 1. The molecule has 0 aliphatic heterocycles. The van der Waals surface area contributed by atoms with Crippen LogP contribution in [0.25, 0.3) is 0 Å². The molecule has 0 radical (unpaired) electrons. The van der Waals surface area contributed by atoms with Crippen molar-refractivity contribution in [1.29, 1.82) is 0 Å². The highest BCUT2D eigenvalue weighted by Crippen LogP contribution is 2.35. The number of pyridine rings is 1. The highest BCUT2D eigenvalue weighted by molar-refractivity contribution is 7.99. The van der Waals surface area contributed by atoms with Crippen molar-refractivity contribution in [2.45, 2.75) is 16.8 Å². The summed E-state index contributed by atoms with van der Waals surface area (Å²) in [6, 6.07) is 8.89. The number of hydrogen-bond donors (Lipinski definition) is 1. The average molecular weight is 310 g/mol. The normalized spacial score (nSPS) is 10.3. The number of carbonyl (C=O) groups is 1. The average Bonchev–Trinajstić information content (AvgIpc) is 2.40. The maximum absolute atomic E-state index is 10.6. The topological polar surface area (TPSA) is 59.4 Å². The van der Waals surface area contributed by atoms with Crippen molar-refractivity contribution in [3.05, 3.63) is 47.1 Å². The molecule has 2 aromatic rings. The van der Waals surface area contributed by atoms with Crippen molar-refractivity contribution in [3.63, 3.8) is 0 Å². The Balaban J connectivity index is 2.22. The summed E-state index contributed by atoms with van der Waals surface area (Å²) in [5.74, 6) is -0.548. The van der Waals surface area contributed by atoms with Gasteiger partial charge < -0.3 is 9.84 Å². The van der Waals surface area contributed by atoms with Crippen LogP contribution in [0.5, 0.6) is 5.75 Å². The minimum atomic E-state index is -1.02. The summed E-state index contributed by atoms with van der Waals surface area (Å²) in [6.45, 7) is 1.57. The Morgan fingerprint density at radius 2 is 2.20 bits per heavy atom. The molecule has 0 unspecified atom stereocenters. The molecule has 0 bridgehead atoms. The lowest BCUT2D eigenvalue weighted by atomic mass is 10.3. The van der Waals surface area contributed by atoms with Crippen LogP contribution in [-0.2, 0) is 4.79 Å². The van der Waals surface area contributed by atoms with Crippen LogP contribution in [0.4, 0.5) is 0 Å². The molecule has 6 heteroatoms. The number of halogens is 1. The molecule has 0 atom stereocenters. The maximum atomic E-state index is 10.6. The second-order valence-corrected chi connectivity index (χ2v) is 5.55. The highest BCUT2D eigenvalue weighted by Gasteiger charge is 2.09. The number of aromatic nitrogens is 1. The fraction of sp³-hybridized carbons (Fsp3) is 0.143. The van der Waals surface area contributed by atoms with E-state index in [9.17, 15) is 4.79 Å². The van der Waals surface area contributed by atoms with Crippen LogP contribution in [0.15, 0.2) is 46.5 Å². The molecule has 104 valence electrons. The molecule has 1 N–H and O–H groups in total. The SMILES string of the molecule is Cc1ccc(Sc2cc(Cl)ccc2OCC(=O)O)nc1. The lowest BCUT2D eigenvalue weighted by Gasteiger charge is -2.09. The molecule has 0 saturated heterocycles. The van der Waals surface area contributed by atoms with Crippen molar-refractivity contribution in [3.8, 4) is 5.75 Å². The Labute approximate surface area is 125 Å². The summed E-state index contributed by atoms with van der Waals surface area (Å²) >= 11 is 7.34. The predicted octanol–water partition coefficient (Wildman–Crippen LogP) is 3.66. The summed E-state index contributed by atoms with van der Waals surface area (Å²) < 4.78 is 5.24. The van der Waals surface area contributed by atoms with Crippen molar-refractivity contribution in [2.75, 3.05) is 6.61 Å². The van der Waals surface area contributed by atoms with Gasteiger partial charge in [0.1, 0.15) is 10.8 Å². The number of aryl methyl sites for hydroxylation is 1. The van der Waals surface area contributed by atoms with Gasteiger partial charge in [-0.1, -0.05) is 29.4 Å². The van der Waals surface area contributed by atoms with E-state index in [1.54, 1.807) is 24.4 Å². The first-order valence-electron chi connectivity index (χ1n) is 5.79. The van der Waals surface area contributed by atoms with Crippen LogP contribution in [0.3, 0.4) is 0 Å². The first kappa shape index (κ1) is 14.7. The van der Waals surface area contributed by atoms with Gasteiger partial charge in [0.2, 0.25) is 0 Å². The number of carboxylic acids is 1. The van der Waals surface area contributed by atoms with Gasteiger partial charge in [-0.2, -0.15) is 0 Å². The Morgan fingerprint density at radius 1 is 1.40 bits per heavy atom. The second-order valence-electron chi connectivity index (χ2n) is 4.05. The lowest BCUT2D eigenvalue weighted by molar-refractivity contribution is -0.139. The Kier molecular flexibility index (Phi) is 4.87. The molecule has 1 aromatic heterocycles. The van der Waals surface area contributed by atoms with Gasteiger partial charge in [0.15, 0.2) is 6.61 Å². The number of benzene rings is 1. The molecule has 4 nitrogen and oxygen atoms in total. The van der Waals surface area contributed by atoms with Crippen LogP contribution in [0.2, 0.25) is 5.02 Å². The molecule has 0 saturated carbocycles. The van der Waals surface area contributed by atoms with E-state index < -0.39 is 12.6 Å². The third kappa shape index (κ3) is 4.15. The molecule has 0 aliphatic rings. The Morgan fingerprint density at radius 3 is 2.85 bits per heavy atom. The minimum absolute atomic E-state index is 0.392. The molecule has 0 fully saturated rings. The van der Waals surface area contributed by atoms with E-state index in [-0.39, 0.29) is 0 Å². The smallest absolute Gasteiger partial charge is 0.341 e. The zero-order chi connectivity index (χ0) is 14.5. The van der Waals surface area contributed by atoms with Crippen molar-refractivity contribution in [1.82, 2.24) is 4.98 Å².